The van der Waals surface area contributed by atoms with Gasteiger partial charge in [-0.15, -0.1) is 0 Å². The van der Waals surface area contributed by atoms with Gasteiger partial charge in [0.2, 0.25) is 0 Å². The largest absolute Gasteiger partial charge is 0.480 e. The van der Waals surface area contributed by atoms with Gasteiger partial charge in [0.15, 0.2) is 0 Å². The van der Waals surface area contributed by atoms with Crippen molar-refractivity contribution in [3.05, 3.63) is 18.0 Å². The van der Waals surface area contributed by atoms with Crippen LogP contribution in [0.5, 0.6) is 0 Å². The van der Waals surface area contributed by atoms with E-state index >= 15 is 0 Å². The van der Waals surface area contributed by atoms with Gasteiger partial charge in [-0.3, -0.25) is 9.48 Å². The molecule has 0 spiro atoms. The number of nitrogens with zero attached hydrogens (tertiary/aromatic N) is 2. The topological polar surface area (TPSA) is 84.2 Å². The molecule has 6 heteroatoms. The Morgan fingerprint density at radius 3 is 2.71 bits per heavy atom. The minimum atomic E-state index is -1.01. The smallest absolute Gasteiger partial charge is 0.326 e. The Labute approximate surface area is 99.6 Å². The van der Waals surface area contributed by atoms with Crippen LogP contribution in [0.1, 0.15) is 37.0 Å². The van der Waals surface area contributed by atoms with Crippen LogP contribution < -0.4 is 5.32 Å². The summed E-state index contributed by atoms with van der Waals surface area (Å²) in [7, 11) is 0. The van der Waals surface area contributed by atoms with Gasteiger partial charge in [-0.25, -0.2) is 4.79 Å². The molecular formula is C11H17N3O3. The fourth-order valence-corrected chi connectivity index (χ4v) is 1.44. The molecule has 1 amide bonds. The third kappa shape index (κ3) is 3.58. The van der Waals surface area contributed by atoms with Gasteiger partial charge < -0.3 is 10.4 Å². The molecule has 1 atom stereocenters. The van der Waals surface area contributed by atoms with E-state index < -0.39 is 17.9 Å². The SMILES string of the molecule is CCCC(NC(=O)c1cnn(CC)c1)C(=O)O. The Bertz CT molecular complexity index is 400. The molecule has 0 fully saturated rings. The second-order valence-electron chi connectivity index (χ2n) is 3.74. The highest BCUT2D eigenvalue weighted by molar-refractivity contribution is 5.96. The Balaban J connectivity index is 2.66. The number of carbonyl (C=O) groups is 2. The second kappa shape index (κ2) is 6.03. The highest BCUT2D eigenvalue weighted by Gasteiger charge is 2.20. The number of carbonyl (C=O) groups excluding carboxylic acids is 1. The predicted octanol–water partition coefficient (Wildman–Crippen LogP) is 0.886. The van der Waals surface area contributed by atoms with Crippen molar-refractivity contribution in [1.82, 2.24) is 15.1 Å². The zero-order valence-electron chi connectivity index (χ0n) is 10.0. The van der Waals surface area contributed by atoms with Gasteiger partial charge in [-0.05, 0) is 13.3 Å². The molecule has 0 aliphatic rings. The lowest BCUT2D eigenvalue weighted by Gasteiger charge is -2.12. The van der Waals surface area contributed by atoms with E-state index in [-0.39, 0.29) is 0 Å². The van der Waals surface area contributed by atoms with Crippen LogP contribution in [0.4, 0.5) is 0 Å². The molecule has 0 radical (unpaired) electrons. The van der Waals surface area contributed by atoms with Crippen molar-refractivity contribution in [2.24, 2.45) is 0 Å². The summed E-state index contributed by atoms with van der Waals surface area (Å²) in [5, 5.41) is 15.4. The number of aliphatic carboxylic acids is 1. The second-order valence-corrected chi connectivity index (χ2v) is 3.74. The first-order valence-electron chi connectivity index (χ1n) is 5.64. The minimum absolute atomic E-state index is 0.384. The molecule has 0 aliphatic carbocycles. The molecule has 1 heterocycles. The number of amides is 1. The Kier molecular flexibility index (Phi) is 4.68. The maximum atomic E-state index is 11.7. The zero-order valence-corrected chi connectivity index (χ0v) is 10.0. The maximum Gasteiger partial charge on any atom is 0.326 e. The summed E-state index contributed by atoms with van der Waals surface area (Å²) >= 11 is 0. The van der Waals surface area contributed by atoms with Gasteiger partial charge in [0, 0.05) is 12.7 Å². The third-order valence-corrected chi connectivity index (χ3v) is 2.40. The molecule has 94 valence electrons. The van der Waals surface area contributed by atoms with E-state index in [4.69, 9.17) is 5.11 Å². The first-order chi connectivity index (χ1) is 8.08. The third-order valence-electron chi connectivity index (χ3n) is 2.40. The van der Waals surface area contributed by atoms with Crippen LogP contribution in [-0.4, -0.2) is 32.8 Å². The van der Waals surface area contributed by atoms with Crippen LogP contribution in [0.15, 0.2) is 12.4 Å². The highest BCUT2D eigenvalue weighted by atomic mass is 16.4. The van der Waals surface area contributed by atoms with Crippen LogP contribution in [0.25, 0.3) is 0 Å². The molecule has 0 saturated carbocycles. The summed E-state index contributed by atoms with van der Waals surface area (Å²) < 4.78 is 1.62. The van der Waals surface area contributed by atoms with Crippen molar-refractivity contribution in [3.63, 3.8) is 0 Å². The standard InChI is InChI=1S/C11H17N3O3/c1-3-5-9(11(16)17)13-10(15)8-6-12-14(4-2)7-8/h6-7,9H,3-5H2,1-2H3,(H,13,15)(H,16,17). The molecule has 2 N–H and O–H groups in total. The van der Waals surface area contributed by atoms with Crippen LogP contribution >= 0.6 is 0 Å². The molecule has 0 aromatic carbocycles. The molecule has 1 unspecified atom stereocenters. The number of hydrogen-bond donors (Lipinski definition) is 2. The van der Waals surface area contributed by atoms with E-state index in [9.17, 15) is 9.59 Å². The van der Waals surface area contributed by atoms with Crippen molar-refractivity contribution in [2.45, 2.75) is 39.3 Å². The van der Waals surface area contributed by atoms with Gasteiger partial charge in [-0.2, -0.15) is 5.10 Å². The number of carboxylic acids is 1. The highest BCUT2D eigenvalue weighted by Crippen LogP contribution is 2.02. The summed E-state index contributed by atoms with van der Waals surface area (Å²) in [5.74, 6) is -1.41. The van der Waals surface area contributed by atoms with E-state index in [1.165, 1.54) is 6.20 Å². The van der Waals surface area contributed by atoms with Gasteiger partial charge in [0.1, 0.15) is 6.04 Å². The van der Waals surface area contributed by atoms with Crippen LogP contribution in [-0.2, 0) is 11.3 Å². The predicted molar refractivity (Wildman–Crippen MR) is 61.7 cm³/mol. The fourth-order valence-electron chi connectivity index (χ4n) is 1.44. The number of rotatable bonds is 6. The zero-order chi connectivity index (χ0) is 12.8. The maximum absolute atomic E-state index is 11.7. The molecule has 1 aromatic heterocycles. The molecule has 1 rings (SSSR count). The van der Waals surface area contributed by atoms with E-state index in [2.05, 4.69) is 10.4 Å². The van der Waals surface area contributed by atoms with Gasteiger partial charge in [-0.1, -0.05) is 13.3 Å². The summed E-state index contributed by atoms with van der Waals surface area (Å²) in [6.45, 7) is 4.45. The summed E-state index contributed by atoms with van der Waals surface area (Å²) in [6.07, 6.45) is 4.15. The van der Waals surface area contributed by atoms with Gasteiger partial charge in [0.25, 0.3) is 5.91 Å². The fraction of sp³-hybridized carbons (Fsp3) is 0.545. The van der Waals surface area contributed by atoms with Gasteiger partial charge >= 0.3 is 5.97 Å². The summed E-state index contributed by atoms with van der Waals surface area (Å²) in [4.78, 5) is 22.6. The molecule has 0 aliphatic heterocycles. The van der Waals surface area contributed by atoms with Gasteiger partial charge in [0.05, 0.1) is 11.8 Å². The van der Waals surface area contributed by atoms with Crippen molar-refractivity contribution < 1.29 is 14.7 Å². The quantitative estimate of drug-likeness (QED) is 0.772. The molecular weight excluding hydrogens is 222 g/mol. The Morgan fingerprint density at radius 2 is 2.24 bits per heavy atom. The summed E-state index contributed by atoms with van der Waals surface area (Å²) in [5.41, 5.74) is 0.384. The average molecular weight is 239 g/mol. The number of hydrogen-bond acceptors (Lipinski definition) is 3. The molecule has 17 heavy (non-hydrogen) atoms. The first kappa shape index (κ1) is 13.2. The lowest BCUT2D eigenvalue weighted by Crippen LogP contribution is -2.40. The number of nitrogens with one attached hydrogen (secondary N) is 1. The molecule has 0 saturated heterocycles. The first-order valence-corrected chi connectivity index (χ1v) is 5.64. The number of aromatic nitrogens is 2. The van der Waals surface area contributed by atoms with Crippen molar-refractivity contribution in [1.29, 1.82) is 0 Å². The molecule has 0 bridgehead atoms. The Morgan fingerprint density at radius 1 is 1.53 bits per heavy atom. The van der Waals surface area contributed by atoms with Crippen molar-refractivity contribution in [3.8, 4) is 0 Å². The van der Waals surface area contributed by atoms with E-state index in [1.54, 1.807) is 10.9 Å². The van der Waals surface area contributed by atoms with Crippen molar-refractivity contribution in [2.75, 3.05) is 0 Å². The van der Waals surface area contributed by atoms with Crippen LogP contribution in [0.2, 0.25) is 0 Å². The normalized spacial score (nSPS) is 12.1. The summed E-state index contributed by atoms with van der Waals surface area (Å²) in [6, 6.07) is -0.836. The average Bonchev–Trinajstić information content (AvgIpc) is 2.76. The van der Waals surface area contributed by atoms with E-state index in [0.29, 0.717) is 24.9 Å². The Hall–Kier alpha value is -1.85. The van der Waals surface area contributed by atoms with Crippen molar-refractivity contribution >= 4 is 11.9 Å². The lowest BCUT2D eigenvalue weighted by molar-refractivity contribution is -0.139. The number of carboxylic acid groups (broad SMARTS) is 1. The molecule has 6 nitrogen and oxygen atoms in total. The monoisotopic (exact) mass is 239 g/mol. The minimum Gasteiger partial charge on any atom is -0.480 e. The number of aryl methyl sites for hydroxylation is 1. The lowest BCUT2D eigenvalue weighted by atomic mass is 10.1. The molecule has 1 aromatic rings. The van der Waals surface area contributed by atoms with E-state index in [0.717, 1.165) is 0 Å². The van der Waals surface area contributed by atoms with E-state index in [1.807, 2.05) is 13.8 Å². The van der Waals surface area contributed by atoms with Crippen LogP contribution in [0.3, 0.4) is 0 Å². The van der Waals surface area contributed by atoms with Crippen LogP contribution in [0, 0.1) is 0 Å².